The first-order valence-corrected chi connectivity index (χ1v) is 7.52. The van der Waals surface area contributed by atoms with Gasteiger partial charge in [0.1, 0.15) is 11.0 Å². The second-order valence-corrected chi connectivity index (χ2v) is 5.72. The van der Waals surface area contributed by atoms with Crippen LogP contribution in [0.25, 0.3) is 10.9 Å². The molecule has 7 heteroatoms. The van der Waals surface area contributed by atoms with Crippen LogP contribution in [0, 0.1) is 0 Å². The van der Waals surface area contributed by atoms with Gasteiger partial charge in [0.05, 0.1) is 5.52 Å². The Hall–Kier alpha value is -2.05. The van der Waals surface area contributed by atoms with Crippen molar-refractivity contribution in [1.82, 2.24) is 15.0 Å². The smallest absolute Gasteiger partial charge is 0.253 e. The maximum Gasteiger partial charge on any atom is 0.253 e. The molecule has 0 aliphatic carbocycles. The summed E-state index contributed by atoms with van der Waals surface area (Å²) in [4.78, 5) is 22.4. The molecule has 0 amide bonds. The van der Waals surface area contributed by atoms with Crippen molar-refractivity contribution in [1.29, 1.82) is 0 Å². The molecule has 0 unspecified atom stereocenters. The van der Waals surface area contributed by atoms with E-state index < -0.39 is 0 Å². The number of anilines is 1. The largest absolute Gasteiger partial charge is 0.383 e. The lowest BCUT2D eigenvalue weighted by Gasteiger charge is -2.06. The molecule has 0 saturated heterocycles. The third kappa shape index (κ3) is 3.17. The van der Waals surface area contributed by atoms with Crippen molar-refractivity contribution in [2.75, 3.05) is 5.73 Å². The number of rotatable bonds is 3. The molecule has 0 saturated carbocycles. The maximum atomic E-state index is 11.3. The van der Waals surface area contributed by atoms with Crippen LogP contribution in [0.2, 0.25) is 5.15 Å². The quantitative estimate of drug-likeness (QED) is 0.440. The number of halogens is 1. The first kappa shape index (κ1) is 13.9. The molecule has 0 atom stereocenters. The van der Waals surface area contributed by atoms with Gasteiger partial charge in [-0.05, 0) is 12.1 Å². The van der Waals surface area contributed by atoms with E-state index in [0.29, 0.717) is 16.1 Å². The molecule has 5 nitrogen and oxygen atoms in total. The molecule has 3 aromatic rings. The van der Waals surface area contributed by atoms with E-state index in [9.17, 15) is 4.79 Å². The molecule has 106 valence electrons. The standard InChI is InChI=1S/C14H11ClN4OS/c15-13-9(5-8-3-1-2-4-10(8)17-13)7-21-14-18-11(16)6-12(20)19-14/h1-6H,7H2,(H3,16,18,19,20). The number of nitrogens with one attached hydrogen (secondary N) is 1. The number of fused-ring (bicyclic) bond motifs is 1. The van der Waals surface area contributed by atoms with Crippen molar-refractivity contribution in [2.24, 2.45) is 0 Å². The summed E-state index contributed by atoms with van der Waals surface area (Å²) in [6.07, 6.45) is 0. The zero-order chi connectivity index (χ0) is 14.8. The van der Waals surface area contributed by atoms with Gasteiger partial charge in [-0.15, -0.1) is 0 Å². The lowest BCUT2D eigenvalue weighted by Crippen LogP contribution is -2.09. The molecule has 0 fully saturated rings. The molecule has 0 radical (unpaired) electrons. The van der Waals surface area contributed by atoms with Gasteiger partial charge in [-0.1, -0.05) is 41.6 Å². The fraction of sp³-hybridized carbons (Fsp3) is 0.0714. The van der Waals surface area contributed by atoms with E-state index in [1.165, 1.54) is 17.8 Å². The number of H-pyrrole nitrogens is 1. The Balaban J connectivity index is 1.87. The summed E-state index contributed by atoms with van der Waals surface area (Å²) in [7, 11) is 0. The van der Waals surface area contributed by atoms with Crippen LogP contribution < -0.4 is 11.3 Å². The molecule has 3 N–H and O–H groups in total. The summed E-state index contributed by atoms with van der Waals surface area (Å²) in [5, 5.41) is 1.93. The summed E-state index contributed by atoms with van der Waals surface area (Å²) in [5.74, 6) is 0.743. The van der Waals surface area contributed by atoms with Crippen LogP contribution in [0.5, 0.6) is 0 Å². The van der Waals surface area contributed by atoms with Gasteiger partial charge < -0.3 is 10.7 Å². The van der Waals surface area contributed by atoms with E-state index in [0.717, 1.165) is 16.5 Å². The molecule has 0 spiro atoms. The van der Waals surface area contributed by atoms with Gasteiger partial charge in [-0.2, -0.15) is 0 Å². The highest BCUT2D eigenvalue weighted by atomic mass is 35.5. The number of hydrogen-bond acceptors (Lipinski definition) is 5. The highest BCUT2D eigenvalue weighted by Gasteiger charge is 2.07. The minimum absolute atomic E-state index is 0.198. The summed E-state index contributed by atoms with van der Waals surface area (Å²) >= 11 is 7.54. The van der Waals surface area contributed by atoms with Crippen LogP contribution in [0.1, 0.15) is 5.56 Å². The number of nitrogens with two attached hydrogens (primary N) is 1. The zero-order valence-corrected chi connectivity index (χ0v) is 12.4. The highest BCUT2D eigenvalue weighted by molar-refractivity contribution is 7.98. The zero-order valence-electron chi connectivity index (χ0n) is 10.8. The van der Waals surface area contributed by atoms with Crippen molar-refractivity contribution < 1.29 is 0 Å². The van der Waals surface area contributed by atoms with Crippen molar-refractivity contribution in [3.8, 4) is 0 Å². The molecular weight excluding hydrogens is 308 g/mol. The molecule has 3 rings (SSSR count). The molecule has 0 bridgehead atoms. The second-order valence-electron chi connectivity index (χ2n) is 4.40. The summed E-state index contributed by atoms with van der Waals surface area (Å²) in [5.41, 5.74) is 7.01. The fourth-order valence-electron chi connectivity index (χ4n) is 1.91. The SMILES string of the molecule is Nc1cc(=O)[nH]c(SCc2cc3ccccc3nc2Cl)n1. The molecule has 1 aromatic carbocycles. The lowest BCUT2D eigenvalue weighted by molar-refractivity contribution is 0.945. The van der Waals surface area contributed by atoms with Crippen LogP contribution in [0.15, 0.2) is 46.3 Å². The molecule has 0 aliphatic rings. The summed E-state index contributed by atoms with van der Waals surface area (Å²) in [6, 6.07) is 11.0. The van der Waals surface area contributed by atoms with E-state index in [2.05, 4.69) is 15.0 Å². The van der Waals surface area contributed by atoms with Gasteiger partial charge in [0.2, 0.25) is 0 Å². The minimum atomic E-state index is -0.271. The van der Waals surface area contributed by atoms with E-state index in [1.807, 2.05) is 30.3 Å². The first-order chi connectivity index (χ1) is 10.1. The van der Waals surface area contributed by atoms with Gasteiger partial charge in [-0.3, -0.25) is 4.79 Å². The molecular formula is C14H11ClN4OS. The second kappa shape index (κ2) is 5.75. The number of para-hydroxylation sites is 1. The van der Waals surface area contributed by atoms with Crippen molar-refractivity contribution in [3.63, 3.8) is 0 Å². The Morgan fingerprint density at radius 1 is 1.24 bits per heavy atom. The van der Waals surface area contributed by atoms with E-state index in [4.69, 9.17) is 17.3 Å². The Bertz CT molecular complexity index is 865. The fourth-order valence-corrected chi connectivity index (χ4v) is 3.05. The number of nitrogens with zero attached hydrogens (tertiary/aromatic N) is 2. The monoisotopic (exact) mass is 318 g/mol. The molecule has 2 heterocycles. The van der Waals surface area contributed by atoms with Crippen molar-refractivity contribution >= 4 is 40.1 Å². The van der Waals surface area contributed by atoms with E-state index >= 15 is 0 Å². The van der Waals surface area contributed by atoms with Crippen molar-refractivity contribution in [3.05, 3.63) is 57.5 Å². The molecule has 2 aromatic heterocycles. The summed E-state index contributed by atoms with van der Waals surface area (Å²) in [6.45, 7) is 0. The van der Waals surface area contributed by atoms with Gasteiger partial charge in [0, 0.05) is 22.8 Å². The van der Waals surface area contributed by atoms with Gasteiger partial charge >= 0.3 is 0 Å². The number of thioether (sulfide) groups is 1. The number of aromatic amines is 1. The van der Waals surface area contributed by atoms with E-state index in [-0.39, 0.29) is 11.4 Å². The topological polar surface area (TPSA) is 84.7 Å². The Morgan fingerprint density at radius 3 is 2.86 bits per heavy atom. The van der Waals surface area contributed by atoms with Crippen LogP contribution in [0.3, 0.4) is 0 Å². The minimum Gasteiger partial charge on any atom is -0.383 e. The predicted molar refractivity (Wildman–Crippen MR) is 85.6 cm³/mol. The number of benzene rings is 1. The van der Waals surface area contributed by atoms with E-state index in [1.54, 1.807) is 0 Å². The van der Waals surface area contributed by atoms with Crippen LogP contribution in [-0.4, -0.2) is 15.0 Å². The lowest BCUT2D eigenvalue weighted by atomic mass is 10.2. The average Bonchev–Trinajstić information content (AvgIpc) is 2.44. The van der Waals surface area contributed by atoms with Gasteiger partial charge in [0.15, 0.2) is 5.16 Å². The van der Waals surface area contributed by atoms with Gasteiger partial charge in [-0.25, -0.2) is 9.97 Å². The van der Waals surface area contributed by atoms with Gasteiger partial charge in [0.25, 0.3) is 5.56 Å². The number of aromatic nitrogens is 3. The number of pyridine rings is 1. The number of nitrogen functional groups attached to an aromatic ring is 1. The number of hydrogen-bond donors (Lipinski definition) is 2. The predicted octanol–water partition coefficient (Wildman–Crippen LogP) is 2.85. The molecule has 0 aliphatic heterocycles. The van der Waals surface area contributed by atoms with Crippen molar-refractivity contribution in [2.45, 2.75) is 10.9 Å². The van der Waals surface area contributed by atoms with Crippen LogP contribution in [0.4, 0.5) is 5.82 Å². The first-order valence-electron chi connectivity index (χ1n) is 6.15. The van der Waals surface area contributed by atoms with Crippen LogP contribution in [-0.2, 0) is 5.75 Å². The summed E-state index contributed by atoms with van der Waals surface area (Å²) < 4.78 is 0. The van der Waals surface area contributed by atoms with Crippen LogP contribution >= 0.6 is 23.4 Å². The Kier molecular flexibility index (Phi) is 3.81. The highest BCUT2D eigenvalue weighted by Crippen LogP contribution is 2.26. The average molecular weight is 319 g/mol. The Labute approximate surface area is 129 Å². The normalized spacial score (nSPS) is 10.9. The third-order valence-electron chi connectivity index (χ3n) is 2.85. The molecule has 21 heavy (non-hydrogen) atoms. The maximum absolute atomic E-state index is 11.3. The third-order valence-corrected chi connectivity index (χ3v) is 4.10. The Morgan fingerprint density at radius 2 is 2.05 bits per heavy atom.